The number of likely N-dealkylation sites (tertiary alicyclic amines) is 1. The molecule has 3 nitrogen and oxygen atoms in total. The Morgan fingerprint density at radius 3 is 2.52 bits per heavy atom. The molecule has 1 aromatic heterocycles. The third kappa shape index (κ3) is 3.32. The summed E-state index contributed by atoms with van der Waals surface area (Å²) in [4.78, 5) is 2.22. The van der Waals surface area contributed by atoms with Crippen LogP contribution in [0.1, 0.15) is 24.4 Å². The Morgan fingerprint density at radius 2 is 1.90 bits per heavy atom. The fraction of sp³-hybridized carbons (Fsp3) is 0.471. The maximum absolute atomic E-state index is 12.5. The van der Waals surface area contributed by atoms with E-state index in [1.807, 2.05) is 24.5 Å². The van der Waals surface area contributed by atoms with Crippen LogP contribution in [-0.4, -0.2) is 41.0 Å². The van der Waals surface area contributed by atoms with E-state index >= 15 is 0 Å². The second kappa shape index (κ2) is 6.85. The molecule has 112 valence electrons. The van der Waals surface area contributed by atoms with Gasteiger partial charge in [-0.3, -0.25) is 4.68 Å². The minimum Gasteiger partial charge on any atom is -0.301 e. The molecule has 1 aliphatic rings. The normalized spacial score (nSPS) is 18.7. The standard InChI is InChI=1S/C17H22FN3/c18-9-14-20-12-7-16(8-13-20)17(21-11-4-10-19-21)15-5-2-1-3-6-15/h1-6,10-11,16-17H,7-9,12-14H2. The number of rotatable bonds is 5. The van der Waals surface area contributed by atoms with Crippen molar-refractivity contribution in [1.82, 2.24) is 14.7 Å². The summed E-state index contributed by atoms with van der Waals surface area (Å²) in [5.41, 5.74) is 1.31. The summed E-state index contributed by atoms with van der Waals surface area (Å²) < 4.78 is 14.5. The van der Waals surface area contributed by atoms with Crippen LogP contribution in [0.4, 0.5) is 4.39 Å². The largest absolute Gasteiger partial charge is 0.301 e. The van der Waals surface area contributed by atoms with Gasteiger partial charge in [-0.1, -0.05) is 30.3 Å². The number of aromatic nitrogens is 2. The van der Waals surface area contributed by atoms with Crippen LogP contribution in [0.2, 0.25) is 0 Å². The van der Waals surface area contributed by atoms with Crippen molar-refractivity contribution < 1.29 is 4.39 Å². The minimum absolute atomic E-state index is 0.244. The second-order valence-electron chi connectivity index (χ2n) is 5.71. The third-order valence-corrected chi connectivity index (χ3v) is 4.43. The zero-order chi connectivity index (χ0) is 14.5. The molecule has 1 aromatic carbocycles. The van der Waals surface area contributed by atoms with E-state index in [1.54, 1.807) is 0 Å². The molecule has 0 amide bonds. The molecule has 1 fully saturated rings. The van der Waals surface area contributed by atoms with Gasteiger partial charge >= 0.3 is 0 Å². The summed E-state index contributed by atoms with van der Waals surface area (Å²) in [6, 6.07) is 12.9. The van der Waals surface area contributed by atoms with Gasteiger partial charge in [0.25, 0.3) is 0 Å². The van der Waals surface area contributed by atoms with Gasteiger partial charge in [-0.25, -0.2) is 4.39 Å². The highest BCUT2D eigenvalue weighted by Gasteiger charge is 2.29. The number of alkyl halides is 1. The first kappa shape index (κ1) is 14.3. The Morgan fingerprint density at radius 1 is 1.14 bits per heavy atom. The molecule has 2 heterocycles. The first-order valence-electron chi connectivity index (χ1n) is 7.71. The highest BCUT2D eigenvalue weighted by Crippen LogP contribution is 2.33. The number of nitrogens with zero attached hydrogens (tertiary/aromatic N) is 3. The van der Waals surface area contributed by atoms with Crippen LogP contribution in [0.3, 0.4) is 0 Å². The topological polar surface area (TPSA) is 21.1 Å². The molecule has 3 rings (SSSR count). The molecule has 1 saturated heterocycles. The van der Waals surface area contributed by atoms with Crippen molar-refractivity contribution in [2.75, 3.05) is 26.3 Å². The van der Waals surface area contributed by atoms with E-state index in [0.717, 1.165) is 25.9 Å². The number of halogens is 1. The van der Waals surface area contributed by atoms with Crippen LogP contribution in [0.15, 0.2) is 48.8 Å². The maximum atomic E-state index is 12.5. The van der Waals surface area contributed by atoms with E-state index in [2.05, 4.69) is 38.9 Å². The van der Waals surface area contributed by atoms with Crippen LogP contribution >= 0.6 is 0 Å². The van der Waals surface area contributed by atoms with Crippen molar-refractivity contribution in [2.45, 2.75) is 18.9 Å². The monoisotopic (exact) mass is 287 g/mol. The molecule has 1 atom stereocenters. The smallest absolute Gasteiger partial charge is 0.102 e. The van der Waals surface area contributed by atoms with Crippen LogP contribution in [0.5, 0.6) is 0 Å². The van der Waals surface area contributed by atoms with Crippen LogP contribution in [-0.2, 0) is 0 Å². The van der Waals surface area contributed by atoms with E-state index in [1.165, 1.54) is 5.56 Å². The number of hydrogen-bond acceptors (Lipinski definition) is 2. The summed E-state index contributed by atoms with van der Waals surface area (Å²) in [6.07, 6.45) is 6.08. The van der Waals surface area contributed by atoms with Gasteiger partial charge in [-0.15, -0.1) is 0 Å². The van der Waals surface area contributed by atoms with Gasteiger partial charge < -0.3 is 4.90 Å². The molecule has 0 saturated carbocycles. The van der Waals surface area contributed by atoms with E-state index in [9.17, 15) is 4.39 Å². The van der Waals surface area contributed by atoms with Gasteiger partial charge in [0.05, 0.1) is 6.04 Å². The molecular weight excluding hydrogens is 265 g/mol. The highest BCUT2D eigenvalue weighted by molar-refractivity contribution is 5.20. The maximum Gasteiger partial charge on any atom is 0.102 e. The highest BCUT2D eigenvalue weighted by atomic mass is 19.1. The van der Waals surface area contributed by atoms with E-state index in [-0.39, 0.29) is 12.7 Å². The van der Waals surface area contributed by atoms with Crippen molar-refractivity contribution in [3.05, 3.63) is 54.4 Å². The van der Waals surface area contributed by atoms with Gasteiger partial charge in [-0.05, 0) is 43.5 Å². The molecule has 0 spiro atoms. The van der Waals surface area contributed by atoms with E-state index < -0.39 is 0 Å². The summed E-state index contributed by atoms with van der Waals surface area (Å²) in [5, 5.41) is 4.47. The van der Waals surface area contributed by atoms with Crippen molar-refractivity contribution >= 4 is 0 Å². The Bertz CT molecular complexity index is 518. The Balaban J connectivity index is 1.78. The lowest BCUT2D eigenvalue weighted by Crippen LogP contribution is -2.38. The first-order chi connectivity index (χ1) is 10.4. The molecular formula is C17H22FN3. The molecule has 2 aromatic rings. The predicted molar refractivity (Wildman–Crippen MR) is 81.9 cm³/mol. The van der Waals surface area contributed by atoms with Crippen LogP contribution in [0, 0.1) is 5.92 Å². The fourth-order valence-electron chi connectivity index (χ4n) is 3.35. The number of hydrogen-bond donors (Lipinski definition) is 0. The molecule has 0 radical (unpaired) electrons. The lowest BCUT2D eigenvalue weighted by Gasteiger charge is -2.36. The predicted octanol–water partition coefficient (Wildman–Crippen LogP) is 3.15. The molecule has 1 unspecified atom stereocenters. The van der Waals surface area contributed by atoms with E-state index in [4.69, 9.17) is 0 Å². The fourth-order valence-corrected chi connectivity index (χ4v) is 3.35. The summed E-state index contributed by atoms with van der Waals surface area (Å²) in [5.74, 6) is 0.558. The number of benzene rings is 1. The lowest BCUT2D eigenvalue weighted by atomic mass is 9.85. The summed E-state index contributed by atoms with van der Waals surface area (Å²) >= 11 is 0. The van der Waals surface area contributed by atoms with E-state index in [0.29, 0.717) is 12.5 Å². The van der Waals surface area contributed by atoms with Gasteiger partial charge in [-0.2, -0.15) is 5.10 Å². The van der Waals surface area contributed by atoms with Gasteiger partial charge in [0.2, 0.25) is 0 Å². The number of piperidine rings is 1. The molecule has 4 heteroatoms. The Labute approximate surface area is 125 Å². The average molecular weight is 287 g/mol. The van der Waals surface area contributed by atoms with Gasteiger partial charge in [0.1, 0.15) is 6.67 Å². The van der Waals surface area contributed by atoms with Crippen molar-refractivity contribution in [2.24, 2.45) is 5.92 Å². The Kier molecular flexibility index (Phi) is 4.65. The quantitative estimate of drug-likeness (QED) is 0.842. The third-order valence-electron chi connectivity index (χ3n) is 4.43. The molecule has 1 aliphatic heterocycles. The Hall–Kier alpha value is -1.68. The minimum atomic E-state index is -0.244. The summed E-state index contributed by atoms with van der Waals surface area (Å²) in [7, 11) is 0. The molecule has 0 bridgehead atoms. The SMILES string of the molecule is FCCN1CCC(C(c2ccccc2)n2cccn2)CC1. The molecule has 0 N–H and O–H groups in total. The van der Waals surface area contributed by atoms with Crippen molar-refractivity contribution in [3.8, 4) is 0 Å². The van der Waals surface area contributed by atoms with Crippen LogP contribution < -0.4 is 0 Å². The zero-order valence-corrected chi connectivity index (χ0v) is 12.2. The second-order valence-corrected chi connectivity index (χ2v) is 5.71. The zero-order valence-electron chi connectivity index (χ0n) is 12.2. The van der Waals surface area contributed by atoms with Crippen molar-refractivity contribution in [1.29, 1.82) is 0 Å². The first-order valence-corrected chi connectivity index (χ1v) is 7.71. The van der Waals surface area contributed by atoms with Crippen molar-refractivity contribution in [3.63, 3.8) is 0 Å². The lowest BCUT2D eigenvalue weighted by molar-refractivity contribution is 0.148. The van der Waals surface area contributed by atoms with Gasteiger partial charge in [0, 0.05) is 18.9 Å². The van der Waals surface area contributed by atoms with Gasteiger partial charge in [0.15, 0.2) is 0 Å². The summed E-state index contributed by atoms with van der Waals surface area (Å²) in [6.45, 7) is 2.30. The average Bonchev–Trinajstić information content (AvgIpc) is 3.05. The molecule has 0 aliphatic carbocycles. The molecule has 21 heavy (non-hydrogen) atoms. The van der Waals surface area contributed by atoms with Crippen LogP contribution in [0.25, 0.3) is 0 Å².